The van der Waals surface area contributed by atoms with Crippen molar-refractivity contribution in [3.8, 4) is 0 Å². The molecule has 0 aliphatic heterocycles. The van der Waals surface area contributed by atoms with Crippen LogP contribution in [0.2, 0.25) is 0 Å². The maximum absolute atomic E-state index is 11.1. The molecule has 2 N–H and O–H groups in total. The van der Waals surface area contributed by atoms with E-state index in [1.807, 2.05) is 12.2 Å². The van der Waals surface area contributed by atoms with Crippen molar-refractivity contribution in [2.24, 2.45) is 10.7 Å². The van der Waals surface area contributed by atoms with Crippen molar-refractivity contribution in [3.63, 3.8) is 0 Å². The lowest BCUT2D eigenvalue weighted by atomic mass is 10.0. The normalized spacial score (nSPS) is 16.0. The van der Waals surface area contributed by atoms with Gasteiger partial charge in [-0.2, -0.15) is 0 Å². The molecular formula is C12H12N2O2. The lowest BCUT2D eigenvalue weighted by Crippen LogP contribution is -2.16. The number of aliphatic imine (C=N–C) groups is 1. The van der Waals surface area contributed by atoms with Gasteiger partial charge in [-0.3, -0.25) is 9.79 Å². The second kappa shape index (κ2) is 4.61. The number of carbonyl (C=O) groups excluding carboxylic acids is 1. The Balaban J connectivity index is 2.18. The monoisotopic (exact) mass is 216 g/mol. The van der Waals surface area contributed by atoms with E-state index in [1.165, 1.54) is 0 Å². The van der Waals surface area contributed by atoms with Crippen molar-refractivity contribution >= 4 is 12.1 Å². The van der Waals surface area contributed by atoms with E-state index in [1.54, 1.807) is 24.6 Å². The second-order valence-electron chi connectivity index (χ2n) is 3.42. The van der Waals surface area contributed by atoms with Crippen LogP contribution in [-0.4, -0.2) is 12.1 Å². The summed E-state index contributed by atoms with van der Waals surface area (Å²) in [5.74, 6) is 0.206. The highest BCUT2D eigenvalue weighted by Crippen LogP contribution is 2.19. The minimum atomic E-state index is -0.442. The van der Waals surface area contributed by atoms with Gasteiger partial charge < -0.3 is 10.2 Å². The first kappa shape index (κ1) is 10.4. The Hall–Kier alpha value is -2.10. The van der Waals surface area contributed by atoms with Crippen LogP contribution in [0.3, 0.4) is 0 Å². The van der Waals surface area contributed by atoms with Gasteiger partial charge in [0.1, 0.15) is 5.76 Å². The van der Waals surface area contributed by atoms with Crippen LogP contribution >= 0.6 is 0 Å². The highest BCUT2D eigenvalue weighted by molar-refractivity contribution is 5.97. The van der Waals surface area contributed by atoms with E-state index >= 15 is 0 Å². The van der Waals surface area contributed by atoms with Gasteiger partial charge in [0.05, 0.1) is 23.7 Å². The minimum absolute atomic E-state index is 0.442. The average Bonchev–Trinajstić information content (AvgIpc) is 2.79. The second-order valence-corrected chi connectivity index (χ2v) is 3.42. The summed E-state index contributed by atoms with van der Waals surface area (Å²) in [6.45, 7) is 0. The van der Waals surface area contributed by atoms with E-state index in [0.29, 0.717) is 17.0 Å². The maximum atomic E-state index is 11.1. The number of hydrogen-bond acceptors (Lipinski definition) is 3. The molecule has 1 aromatic rings. The Bertz CT molecular complexity index is 467. The first-order chi connectivity index (χ1) is 7.77. The van der Waals surface area contributed by atoms with Crippen molar-refractivity contribution in [2.45, 2.75) is 12.8 Å². The summed E-state index contributed by atoms with van der Waals surface area (Å²) in [6, 6.07) is 3.57. The predicted molar refractivity (Wildman–Crippen MR) is 60.9 cm³/mol. The van der Waals surface area contributed by atoms with Crippen LogP contribution in [0, 0.1) is 0 Å². The fourth-order valence-corrected chi connectivity index (χ4v) is 1.51. The van der Waals surface area contributed by atoms with Crippen molar-refractivity contribution in [1.82, 2.24) is 0 Å². The van der Waals surface area contributed by atoms with Crippen LogP contribution in [-0.2, 0) is 4.79 Å². The standard InChI is InChI=1S/C12H12N2O2/c13-12(15)10-5-1-2-6-11(10)14-8-9-4-3-7-16-9/h3-8H,1-2H2,(H2,13,15). The van der Waals surface area contributed by atoms with Crippen molar-refractivity contribution in [3.05, 3.63) is 47.6 Å². The van der Waals surface area contributed by atoms with E-state index in [0.717, 1.165) is 12.8 Å². The van der Waals surface area contributed by atoms with Crippen molar-refractivity contribution in [1.29, 1.82) is 0 Å². The van der Waals surface area contributed by atoms with E-state index < -0.39 is 5.91 Å². The van der Waals surface area contributed by atoms with Gasteiger partial charge in [-0.1, -0.05) is 12.2 Å². The Labute approximate surface area is 93.2 Å². The number of allylic oxidation sites excluding steroid dienone is 2. The summed E-state index contributed by atoms with van der Waals surface area (Å²) in [5.41, 5.74) is 6.36. The van der Waals surface area contributed by atoms with Crippen LogP contribution in [0.1, 0.15) is 18.6 Å². The third kappa shape index (κ3) is 2.28. The molecule has 2 rings (SSSR count). The lowest BCUT2D eigenvalue weighted by Gasteiger charge is -2.08. The summed E-state index contributed by atoms with van der Waals surface area (Å²) in [5, 5.41) is 0. The van der Waals surface area contributed by atoms with Crippen LogP contribution in [0.25, 0.3) is 0 Å². The van der Waals surface area contributed by atoms with Crippen molar-refractivity contribution < 1.29 is 9.21 Å². The predicted octanol–water partition coefficient (Wildman–Crippen LogP) is 1.79. The molecule has 0 saturated carbocycles. The molecule has 4 nitrogen and oxygen atoms in total. The summed E-state index contributed by atoms with van der Waals surface area (Å²) in [6.07, 6.45) is 8.58. The molecule has 0 saturated heterocycles. The number of carbonyl (C=O) groups is 1. The van der Waals surface area contributed by atoms with Crippen LogP contribution in [0.15, 0.2) is 51.2 Å². The largest absolute Gasteiger partial charge is 0.463 e. The topological polar surface area (TPSA) is 68.6 Å². The molecule has 0 atom stereocenters. The minimum Gasteiger partial charge on any atom is -0.463 e. The molecular weight excluding hydrogens is 204 g/mol. The SMILES string of the molecule is NC(=O)C1=CCCC=C1N=Cc1ccco1. The van der Waals surface area contributed by atoms with Gasteiger partial charge in [0.15, 0.2) is 0 Å². The molecule has 0 radical (unpaired) electrons. The first-order valence-electron chi connectivity index (χ1n) is 5.05. The number of amides is 1. The molecule has 82 valence electrons. The molecule has 1 heterocycles. The van der Waals surface area contributed by atoms with Gasteiger partial charge >= 0.3 is 0 Å². The first-order valence-corrected chi connectivity index (χ1v) is 5.05. The highest BCUT2D eigenvalue weighted by Gasteiger charge is 2.12. The zero-order valence-electron chi connectivity index (χ0n) is 8.72. The van der Waals surface area contributed by atoms with Gasteiger partial charge in [-0.15, -0.1) is 0 Å². The van der Waals surface area contributed by atoms with E-state index in [9.17, 15) is 4.79 Å². The highest BCUT2D eigenvalue weighted by atomic mass is 16.3. The molecule has 4 heteroatoms. The third-order valence-electron chi connectivity index (χ3n) is 2.27. The molecule has 0 bridgehead atoms. The molecule has 1 amide bonds. The quantitative estimate of drug-likeness (QED) is 0.782. The number of hydrogen-bond donors (Lipinski definition) is 1. The van der Waals surface area contributed by atoms with Crippen LogP contribution < -0.4 is 5.73 Å². The van der Waals surface area contributed by atoms with E-state index in [4.69, 9.17) is 10.2 Å². The molecule has 0 spiro atoms. The maximum Gasteiger partial charge on any atom is 0.250 e. The van der Waals surface area contributed by atoms with Gasteiger partial charge in [0, 0.05) is 0 Å². The van der Waals surface area contributed by atoms with Gasteiger partial charge in [0.25, 0.3) is 5.91 Å². The van der Waals surface area contributed by atoms with Gasteiger partial charge in [-0.25, -0.2) is 0 Å². The summed E-state index contributed by atoms with van der Waals surface area (Å²) >= 11 is 0. The van der Waals surface area contributed by atoms with Crippen LogP contribution in [0.5, 0.6) is 0 Å². The number of nitrogens with zero attached hydrogens (tertiary/aromatic N) is 1. The Morgan fingerprint density at radius 1 is 1.44 bits per heavy atom. The molecule has 0 aromatic carbocycles. The fourth-order valence-electron chi connectivity index (χ4n) is 1.51. The molecule has 1 aliphatic rings. The zero-order chi connectivity index (χ0) is 11.4. The Morgan fingerprint density at radius 2 is 2.25 bits per heavy atom. The summed E-state index contributed by atoms with van der Waals surface area (Å²) in [7, 11) is 0. The van der Waals surface area contributed by atoms with Crippen molar-refractivity contribution in [2.75, 3.05) is 0 Å². The smallest absolute Gasteiger partial charge is 0.250 e. The molecule has 1 aromatic heterocycles. The summed E-state index contributed by atoms with van der Waals surface area (Å²) < 4.78 is 5.11. The Kier molecular flexibility index (Phi) is 3.00. The number of nitrogens with two attached hydrogens (primary N) is 1. The number of primary amides is 1. The van der Waals surface area contributed by atoms with Crippen LogP contribution in [0.4, 0.5) is 0 Å². The summed E-state index contributed by atoms with van der Waals surface area (Å²) in [4.78, 5) is 15.3. The average molecular weight is 216 g/mol. The fraction of sp³-hybridized carbons (Fsp3) is 0.167. The van der Waals surface area contributed by atoms with E-state index in [2.05, 4.69) is 4.99 Å². The zero-order valence-corrected chi connectivity index (χ0v) is 8.72. The van der Waals surface area contributed by atoms with E-state index in [-0.39, 0.29) is 0 Å². The molecule has 0 fully saturated rings. The Morgan fingerprint density at radius 3 is 2.94 bits per heavy atom. The number of furan rings is 1. The third-order valence-corrected chi connectivity index (χ3v) is 2.27. The van der Waals surface area contributed by atoms with Gasteiger partial charge in [0.2, 0.25) is 0 Å². The number of rotatable bonds is 3. The molecule has 16 heavy (non-hydrogen) atoms. The molecule has 1 aliphatic carbocycles. The lowest BCUT2D eigenvalue weighted by molar-refractivity contribution is -0.114. The molecule has 0 unspecified atom stereocenters. The van der Waals surface area contributed by atoms with Gasteiger partial charge in [-0.05, 0) is 25.0 Å².